The van der Waals surface area contributed by atoms with Crippen LogP contribution >= 0.6 is 0 Å². The molecule has 53 heavy (non-hydrogen) atoms. The van der Waals surface area contributed by atoms with E-state index in [4.69, 9.17) is 14.2 Å². The average Bonchev–Trinajstić information content (AvgIpc) is 3.15. The fraction of sp³-hybridized carbons (Fsp3) is 0.723. The normalized spacial score (nSPS) is 12.6. The zero-order valence-electron chi connectivity index (χ0n) is 34.5. The second-order valence-corrected chi connectivity index (χ2v) is 14.2. The van der Waals surface area contributed by atoms with Crippen molar-refractivity contribution >= 4 is 17.9 Å². The lowest BCUT2D eigenvalue weighted by Gasteiger charge is -2.18. The van der Waals surface area contributed by atoms with Gasteiger partial charge in [-0.25, -0.2) is 0 Å². The van der Waals surface area contributed by atoms with E-state index in [0.717, 1.165) is 83.5 Å². The van der Waals surface area contributed by atoms with Crippen molar-refractivity contribution in [2.24, 2.45) is 0 Å². The molecule has 0 spiro atoms. The Kier molecular flexibility index (Phi) is 39.6. The number of hydrogen-bond acceptors (Lipinski definition) is 6. The summed E-state index contributed by atoms with van der Waals surface area (Å²) in [6, 6.07) is 0. The lowest BCUT2D eigenvalue weighted by Crippen LogP contribution is -2.30. The summed E-state index contributed by atoms with van der Waals surface area (Å²) in [5.41, 5.74) is 0. The van der Waals surface area contributed by atoms with E-state index in [1.54, 1.807) is 0 Å². The van der Waals surface area contributed by atoms with Crippen molar-refractivity contribution in [2.75, 3.05) is 13.2 Å². The molecule has 0 rings (SSSR count). The third kappa shape index (κ3) is 40.1. The van der Waals surface area contributed by atoms with Gasteiger partial charge < -0.3 is 14.2 Å². The summed E-state index contributed by atoms with van der Waals surface area (Å²) in [5.74, 6) is -1.000. The second kappa shape index (κ2) is 41.9. The highest BCUT2D eigenvalue weighted by atomic mass is 16.6. The van der Waals surface area contributed by atoms with E-state index in [9.17, 15) is 14.4 Å². The smallest absolute Gasteiger partial charge is 0.306 e. The summed E-state index contributed by atoms with van der Waals surface area (Å²) in [7, 11) is 0. The fourth-order valence-corrected chi connectivity index (χ4v) is 5.75. The molecule has 0 N–H and O–H groups in total. The van der Waals surface area contributed by atoms with Gasteiger partial charge in [0.05, 0.1) is 0 Å². The first-order valence-electron chi connectivity index (χ1n) is 21.8. The third-order valence-corrected chi connectivity index (χ3v) is 9.00. The van der Waals surface area contributed by atoms with Gasteiger partial charge in [0.2, 0.25) is 0 Å². The first kappa shape index (κ1) is 50.1. The van der Waals surface area contributed by atoms with Crippen molar-refractivity contribution < 1.29 is 28.6 Å². The highest BCUT2D eigenvalue weighted by molar-refractivity contribution is 5.71. The average molecular weight is 741 g/mol. The monoisotopic (exact) mass is 741 g/mol. The third-order valence-electron chi connectivity index (χ3n) is 9.00. The molecule has 1 atom stereocenters. The van der Waals surface area contributed by atoms with Gasteiger partial charge in [-0.3, -0.25) is 14.4 Å². The van der Waals surface area contributed by atoms with Gasteiger partial charge in [-0.2, -0.15) is 0 Å². The van der Waals surface area contributed by atoms with E-state index in [1.807, 2.05) is 12.2 Å². The number of allylic oxidation sites excluding steroid dienone is 10. The molecule has 0 fully saturated rings. The molecule has 0 aromatic rings. The van der Waals surface area contributed by atoms with Crippen LogP contribution in [-0.4, -0.2) is 37.2 Å². The molecule has 0 aliphatic heterocycles. The fourth-order valence-electron chi connectivity index (χ4n) is 5.75. The van der Waals surface area contributed by atoms with Crippen LogP contribution in [0, 0.1) is 0 Å². The van der Waals surface area contributed by atoms with Crippen LogP contribution in [0.4, 0.5) is 0 Å². The maximum atomic E-state index is 12.7. The van der Waals surface area contributed by atoms with Gasteiger partial charge in [-0.1, -0.05) is 178 Å². The predicted octanol–water partition coefficient (Wildman–Crippen LogP) is 13.7. The van der Waals surface area contributed by atoms with Gasteiger partial charge in [0.1, 0.15) is 13.2 Å². The summed E-state index contributed by atoms with van der Waals surface area (Å²) in [4.78, 5) is 37.6. The van der Waals surface area contributed by atoms with Crippen LogP contribution in [0.15, 0.2) is 60.8 Å². The minimum Gasteiger partial charge on any atom is -0.462 e. The summed E-state index contributed by atoms with van der Waals surface area (Å²) in [5, 5.41) is 0. The summed E-state index contributed by atoms with van der Waals surface area (Å²) >= 11 is 0. The number of rotatable bonds is 38. The summed E-state index contributed by atoms with van der Waals surface area (Å²) < 4.78 is 16.6. The first-order valence-corrected chi connectivity index (χ1v) is 21.8. The molecule has 0 bridgehead atoms. The molecule has 0 aromatic heterocycles. The molecule has 1 unspecified atom stereocenters. The number of carbonyl (C=O) groups is 3. The Morgan fingerprint density at radius 2 is 0.811 bits per heavy atom. The van der Waals surface area contributed by atoms with E-state index in [-0.39, 0.29) is 37.5 Å². The molecular weight excluding hydrogens is 661 g/mol. The second-order valence-electron chi connectivity index (χ2n) is 14.2. The molecule has 0 radical (unpaired) electrons. The Balaban J connectivity index is 4.48. The molecule has 0 aliphatic carbocycles. The lowest BCUT2D eigenvalue weighted by molar-refractivity contribution is -0.166. The molecule has 6 heteroatoms. The SMILES string of the molecule is CC/C=C\C/C=C\C/C=C\C/C=C\CCC(=O)OCC(COC(=O)CCCCCCC/C=C\CCC)OC(=O)CCCCCCCCCCCCCC. The summed E-state index contributed by atoms with van der Waals surface area (Å²) in [6.07, 6.45) is 49.3. The molecule has 0 saturated heterocycles. The van der Waals surface area contributed by atoms with E-state index < -0.39 is 6.10 Å². The van der Waals surface area contributed by atoms with Crippen molar-refractivity contribution in [2.45, 2.75) is 207 Å². The highest BCUT2D eigenvalue weighted by Crippen LogP contribution is 2.14. The Bertz CT molecular complexity index is 991. The molecule has 6 nitrogen and oxygen atoms in total. The van der Waals surface area contributed by atoms with E-state index >= 15 is 0 Å². The zero-order chi connectivity index (χ0) is 38.7. The number of hydrogen-bond donors (Lipinski definition) is 0. The van der Waals surface area contributed by atoms with Gasteiger partial charge >= 0.3 is 17.9 Å². The maximum absolute atomic E-state index is 12.7. The predicted molar refractivity (Wildman–Crippen MR) is 224 cm³/mol. The van der Waals surface area contributed by atoms with Crippen LogP contribution in [-0.2, 0) is 28.6 Å². The molecule has 0 aliphatic rings. The van der Waals surface area contributed by atoms with E-state index in [0.29, 0.717) is 19.3 Å². The number of ether oxygens (including phenoxy) is 3. The topological polar surface area (TPSA) is 78.9 Å². The van der Waals surface area contributed by atoms with Gasteiger partial charge in [-0.05, 0) is 64.2 Å². The van der Waals surface area contributed by atoms with Crippen molar-refractivity contribution in [3.8, 4) is 0 Å². The van der Waals surface area contributed by atoms with Crippen molar-refractivity contribution in [1.29, 1.82) is 0 Å². The van der Waals surface area contributed by atoms with Crippen LogP contribution in [0.1, 0.15) is 201 Å². The number of esters is 3. The maximum Gasteiger partial charge on any atom is 0.306 e. The Labute approximate surface area is 326 Å². The van der Waals surface area contributed by atoms with Crippen LogP contribution in [0.5, 0.6) is 0 Å². The Morgan fingerprint density at radius 3 is 1.34 bits per heavy atom. The molecule has 0 heterocycles. The van der Waals surface area contributed by atoms with Gasteiger partial charge in [0.15, 0.2) is 6.10 Å². The van der Waals surface area contributed by atoms with Gasteiger partial charge in [-0.15, -0.1) is 0 Å². The van der Waals surface area contributed by atoms with Gasteiger partial charge in [0.25, 0.3) is 0 Å². The minimum atomic E-state index is -0.800. The standard InChI is InChI=1S/C47H80O6/c1-4-7-10-13-16-19-22-24-26-28-31-34-37-40-46(49)52-43-44(42-51-45(48)39-36-33-30-27-21-18-15-12-9-6-3)53-47(50)41-38-35-32-29-25-23-20-17-14-11-8-5-2/h7,10,12,15-16,19,24,26,31,34,44H,4-6,8-9,11,13-14,17-18,20-23,25,27-30,32-33,35-43H2,1-3H3/b10-7-,15-12-,19-16-,26-24-,34-31-. The van der Waals surface area contributed by atoms with Crippen molar-refractivity contribution in [1.82, 2.24) is 0 Å². The molecule has 304 valence electrons. The van der Waals surface area contributed by atoms with Crippen molar-refractivity contribution in [3.63, 3.8) is 0 Å². The van der Waals surface area contributed by atoms with E-state index in [2.05, 4.69) is 69.4 Å². The molecule has 0 amide bonds. The number of carbonyl (C=O) groups excluding carboxylic acids is 3. The Hall–Kier alpha value is -2.89. The molecule has 0 aromatic carbocycles. The zero-order valence-corrected chi connectivity index (χ0v) is 34.5. The van der Waals surface area contributed by atoms with Crippen LogP contribution in [0.3, 0.4) is 0 Å². The van der Waals surface area contributed by atoms with Crippen LogP contribution in [0.25, 0.3) is 0 Å². The van der Waals surface area contributed by atoms with Crippen LogP contribution in [0.2, 0.25) is 0 Å². The summed E-state index contributed by atoms with van der Waals surface area (Å²) in [6.45, 7) is 6.36. The van der Waals surface area contributed by atoms with Gasteiger partial charge in [0, 0.05) is 19.3 Å². The molecular formula is C47H80O6. The first-order chi connectivity index (χ1) is 26.0. The highest BCUT2D eigenvalue weighted by Gasteiger charge is 2.19. The molecule has 0 saturated carbocycles. The Morgan fingerprint density at radius 1 is 0.396 bits per heavy atom. The van der Waals surface area contributed by atoms with Crippen LogP contribution < -0.4 is 0 Å². The number of unbranched alkanes of at least 4 members (excludes halogenated alkanes) is 17. The van der Waals surface area contributed by atoms with E-state index in [1.165, 1.54) is 70.6 Å². The largest absolute Gasteiger partial charge is 0.462 e. The minimum absolute atomic E-state index is 0.0999. The quantitative estimate of drug-likeness (QED) is 0.0271. The lowest BCUT2D eigenvalue weighted by atomic mass is 10.0. The van der Waals surface area contributed by atoms with Crippen molar-refractivity contribution in [3.05, 3.63) is 60.8 Å².